The molecule has 0 rings (SSSR count). The Labute approximate surface area is 89.9 Å². The Kier molecular flexibility index (Phi) is 10.8. The van der Waals surface area contributed by atoms with Crippen LogP contribution in [0.15, 0.2) is 0 Å². The molecule has 4 nitrogen and oxygen atoms in total. The minimum absolute atomic E-state index is 0. The van der Waals surface area contributed by atoms with E-state index in [1.54, 1.807) is 0 Å². The predicted molar refractivity (Wildman–Crippen MR) is 35.3 cm³/mol. The Morgan fingerprint density at radius 1 is 1.55 bits per heavy atom. The molecule has 0 aromatic rings. The van der Waals surface area contributed by atoms with E-state index in [1.165, 1.54) is 14.2 Å². The Morgan fingerprint density at radius 2 is 2.09 bits per heavy atom. The molecule has 1 atom stereocenters. The van der Waals surface area contributed by atoms with Crippen molar-refractivity contribution in [1.82, 2.24) is 0 Å². The zero-order chi connectivity index (χ0) is 7.98. The van der Waals surface area contributed by atoms with E-state index in [-0.39, 0.29) is 31.0 Å². The Morgan fingerprint density at radius 3 is 2.36 bits per heavy atom. The standard InChI is InChI=1S/C6H12O4.Na.H/c1-4-5(8-2)6(7)10-9-3;;/h5H,4H2,1-3H3;;/q;+1;-1. The molecular weight excluding hydrogens is 159 g/mol. The van der Waals surface area contributed by atoms with Gasteiger partial charge in [-0.1, -0.05) is 6.92 Å². The molecular formula is C6H13NaO4. The van der Waals surface area contributed by atoms with Gasteiger partial charge in [-0.2, -0.15) is 4.89 Å². The number of methoxy groups -OCH3 is 1. The fraction of sp³-hybridized carbons (Fsp3) is 0.833. The van der Waals surface area contributed by atoms with E-state index < -0.39 is 12.1 Å². The van der Waals surface area contributed by atoms with Crippen molar-refractivity contribution in [2.24, 2.45) is 0 Å². The van der Waals surface area contributed by atoms with Crippen LogP contribution in [0.1, 0.15) is 14.8 Å². The van der Waals surface area contributed by atoms with Gasteiger partial charge in [0.1, 0.15) is 0 Å². The van der Waals surface area contributed by atoms with Crippen LogP contribution in [0.2, 0.25) is 0 Å². The zero-order valence-corrected chi connectivity index (χ0v) is 9.42. The van der Waals surface area contributed by atoms with Gasteiger partial charge >= 0.3 is 35.5 Å². The van der Waals surface area contributed by atoms with Crippen molar-refractivity contribution >= 4 is 5.97 Å². The van der Waals surface area contributed by atoms with Crippen LogP contribution < -0.4 is 29.6 Å². The first-order chi connectivity index (χ1) is 4.76. The maximum absolute atomic E-state index is 10.7. The Bertz CT molecular complexity index is 108. The number of hydrogen-bond donors (Lipinski definition) is 0. The molecule has 0 aromatic heterocycles. The summed E-state index contributed by atoms with van der Waals surface area (Å²) in [6.45, 7) is 1.82. The van der Waals surface area contributed by atoms with Gasteiger partial charge in [-0.3, -0.25) is 4.89 Å². The number of carbonyl (C=O) groups is 1. The molecule has 11 heavy (non-hydrogen) atoms. The summed E-state index contributed by atoms with van der Waals surface area (Å²) in [5, 5.41) is 0. The summed E-state index contributed by atoms with van der Waals surface area (Å²) in [4.78, 5) is 19.1. The van der Waals surface area contributed by atoms with Gasteiger partial charge in [-0.25, -0.2) is 4.79 Å². The van der Waals surface area contributed by atoms with Crippen molar-refractivity contribution in [2.75, 3.05) is 14.2 Å². The number of rotatable bonds is 4. The second-order valence-electron chi connectivity index (χ2n) is 1.70. The topological polar surface area (TPSA) is 44.8 Å². The second-order valence-corrected chi connectivity index (χ2v) is 1.70. The molecule has 1 unspecified atom stereocenters. The molecule has 0 amide bonds. The number of ether oxygens (including phenoxy) is 1. The van der Waals surface area contributed by atoms with E-state index in [0.717, 1.165) is 0 Å². The fourth-order valence-electron chi connectivity index (χ4n) is 0.565. The first kappa shape index (κ1) is 13.9. The van der Waals surface area contributed by atoms with Crippen LogP contribution in [0.25, 0.3) is 0 Å². The summed E-state index contributed by atoms with van der Waals surface area (Å²) in [5.41, 5.74) is 0. The van der Waals surface area contributed by atoms with E-state index in [0.29, 0.717) is 6.42 Å². The van der Waals surface area contributed by atoms with Crippen molar-refractivity contribution in [2.45, 2.75) is 19.4 Å². The van der Waals surface area contributed by atoms with E-state index in [4.69, 9.17) is 4.74 Å². The van der Waals surface area contributed by atoms with Gasteiger partial charge in [-0.15, -0.1) is 0 Å². The van der Waals surface area contributed by atoms with Crippen LogP contribution >= 0.6 is 0 Å². The third-order valence-electron chi connectivity index (χ3n) is 1.08. The number of carbonyl (C=O) groups excluding carboxylic acids is 1. The average Bonchev–Trinajstić information content (AvgIpc) is 1.91. The molecule has 0 saturated heterocycles. The van der Waals surface area contributed by atoms with E-state index in [9.17, 15) is 4.79 Å². The van der Waals surface area contributed by atoms with E-state index >= 15 is 0 Å². The van der Waals surface area contributed by atoms with Gasteiger partial charge in [0.2, 0.25) is 0 Å². The second kappa shape index (κ2) is 8.49. The largest absolute Gasteiger partial charge is 1.00 e. The van der Waals surface area contributed by atoms with Gasteiger partial charge in [0, 0.05) is 7.11 Å². The van der Waals surface area contributed by atoms with Gasteiger partial charge in [0.25, 0.3) is 0 Å². The molecule has 62 valence electrons. The molecule has 0 N–H and O–H groups in total. The molecule has 0 bridgehead atoms. The number of hydrogen-bond acceptors (Lipinski definition) is 4. The monoisotopic (exact) mass is 172 g/mol. The molecule has 0 fully saturated rings. The maximum atomic E-state index is 10.7. The van der Waals surface area contributed by atoms with Gasteiger partial charge in [0.05, 0.1) is 7.11 Å². The smallest absolute Gasteiger partial charge is 1.00 e. The maximum Gasteiger partial charge on any atom is 1.00 e. The van der Waals surface area contributed by atoms with Crippen LogP contribution in [0, 0.1) is 0 Å². The molecule has 0 aliphatic heterocycles. The summed E-state index contributed by atoms with van der Waals surface area (Å²) < 4.78 is 4.76. The molecule has 0 heterocycles. The minimum atomic E-state index is -0.514. The SMILES string of the molecule is CCC(OC)C(=O)OOC.[H-].[Na+]. The fourth-order valence-corrected chi connectivity index (χ4v) is 0.565. The van der Waals surface area contributed by atoms with Crippen molar-refractivity contribution in [3.05, 3.63) is 0 Å². The third-order valence-corrected chi connectivity index (χ3v) is 1.08. The molecule has 0 radical (unpaired) electrons. The third kappa shape index (κ3) is 5.64. The zero-order valence-electron chi connectivity index (χ0n) is 8.42. The predicted octanol–water partition coefficient (Wildman–Crippen LogP) is -2.37. The Balaban J connectivity index is -0.000000405. The minimum Gasteiger partial charge on any atom is -1.00 e. The summed E-state index contributed by atoms with van der Waals surface area (Å²) in [6, 6.07) is 0. The molecule has 0 spiro atoms. The van der Waals surface area contributed by atoms with Crippen molar-refractivity contribution in [3.63, 3.8) is 0 Å². The molecule has 5 heteroatoms. The van der Waals surface area contributed by atoms with E-state index in [2.05, 4.69) is 9.78 Å². The van der Waals surface area contributed by atoms with Crippen LogP contribution in [0.3, 0.4) is 0 Å². The molecule has 0 aromatic carbocycles. The molecule has 0 aliphatic rings. The van der Waals surface area contributed by atoms with Gasteiger partial charge in [0.15, 0.2) is 6.10 Å². The van der Waals surface area contributed by atoms with Crippen LogP contribution in [-0.2, 0) is 19.3 Å². The van der Waals surface area contributed by atoms with Gasteiger partial charge < -0.3 is 6.16 Å². The summed E-state index contributed by atoms with van der Waals surface area (Å²) >= 11 is 0. The van der Waals surface area contributed by atoms with Crippen LogP contribution in [0.4, 0.5) is 0 Å². The average molecular weight is 172 g/mol. The van der Waals surface area contributed by atoms with E-state index in [1.807, 2.05) is 6.92 Å². The van der Waals surface area contributed by atoms with Crippen molar-refractivity contribution in [3.8, 4) is 0 Å². The first-order valence-corrected chi connectivity index (χ1v) is 3.03. The summed E-state index contributed by atoms with van der Waals surface area (Å²) in [5.74, 6) is -0.493. The van der Waals surface area contributed by atoms with Crippen LogP contribution in [-0.4, -0.2) is 26.3 Å². The quantitative estimate of drug-likeness (QED) is 0.270. The molecule has 0 aliphatic carbocycles. The van der Waals surface area contributed by atoms with Gasteiger partial charge in [-0.05, 0) is 6.42 Å². The first-order valence-electron chi connectivity index (χ1n) is 3.03. The summed E-state index contributed by atoms with van der Waals surface area (Å²) in [6.07, 6.45) is 0.0681. The van der Waals surface area contributed by atoms with Crippen molar-refractivity contribution in [1.29, 1.82) is 0 Å². The molecule has 0 saturated carbocycles. The Hall–Kier alpha value is 0.390. The van der Waals surface area contributed by atoms with Crippen molar-refractivity contribution < 1.29 is 50.3 Å². The normalized spacial score (nSPS) is 11.5. The van der Waals surface area contributed by atoms with Crippen LogP contribution in [0.5, 0.6) is 0 Å². The summed E-state index contributed by atoms with van der Waals surface area (Å²) in [7, 11) is 2.73.